The lowest BCUT2D eigenvalue weighted by molar-refractivity contribution is 0.213. The van der Waals surface area contributed by atoms with Crippen molar-refractivity contribution in [3.8, 4) is 0 Å². The minimum absolute atomic E-state index is 0.0103. The zero-order valence-corrected chi connectivity index (χ0v) is 11.8. The molecule has 1 aliphatic rings. The van der Waals surface area contributed by atoms with Crippen LogP contribution in [0.25, 0.3) is 0 Å². The molecular weight excluding hydrogens is 264 g/mol. The van der Waals surface area contributed by atoms with E-state index in [1.807, 2.05) is 0 Å². The Hall–Kier alpha value is -1.11. The van der Waals surface area contributed by atoms with Crippen LogP contribution in [0.15, 0.2) is 23.1 Å². The number of hydrogen-bond donors (Lipinski definition) is 3. The molecule has 0 heterocycles. The Labute approximate surface area is 113 Å². The first-order valence-corrected chi connectivity index (χ1v) is 7.92. The van der Waals surface area contributed by atoms with Gasteiger partial charge in [0.05, 0.1) is 4.90 Å². The third-order valence-corrected chi connectivity index (χ3v) is 5.45. The van der Waals surface area contributed by atoms with E-state index in [1.165, 1.54) is 0 Å². The molecule has 0 spiro atoms. The van der Waals surface area contributed by atoms with E-state index in [0.717, 1.165) is 19.3 Å². The molecule has 0 bridgehead atoms. The second-order valence-electron chi connectivity index (χ2n) is 5.07. The van der Waals surface area contributed by atoms with Gasteiger partial charge >= 0.3 is 0 Å². The highest BCUT2D eigenvalue weighted by molar-refractivity contribution is 7.89. The van der Waals surface area contributed by atoms with Crippen LogP contribution in [0, 0.1) is 12.8 Å². The smallest absolute Gasteiger partial charge is 0.241 e. The van der Waals surface area contributed by atoms with Gasteiger partial charge in [0.25, 0.3) is 0 Å². The fourth-order valence-electron chi connectivity index (χ4n) is 2.60. The predicted molar refractivity (Wildman–Crippen MR) is 74.1 cm³/mol. The first-order valence-electron chi connectivity index (χ1n) is 6.44. The van der Waals surface area contributed by atoms with Crippen LogP contribution in [-0.4, -0.2) is 26.2 Å². The Morgan fingerprint density at radius 2 is 2.16 bits per heavy atom. The van der Waals surface area contributed by atoms with Crippen molar-refractivity contribution in [3.63, 3.8) is 0 Å². The quantitative estimate of drug-likeness (QED) is 0.720. The fraction of sp³-hybridized carbons (Fsp3) is 0.538. The van der Waals surface area contributed by atoms with E-state index < -0.39 is 10.0 Å². The molecule has 0 amide bonds. The number of sulfonamides is 1. The number of rotatable bonds is 4. The van der Waals surface area contributed by atoms with Gasteiger partial charge in [-0.3, -0.25) is 0 Å². The number of nitrogen functional groups attached to an aromatic ring is 1. The lowest BCUT2D eigenvalue weighted by Gasteiger charge is -2.20. The van der Waals surface area contributed by atoms with Crippen molar-refractivity contribution in [2.24, 2.45) is 5.92 Å². The van der Waals surface area contributed by atoms with Gasteiger partial charge in [-0.1, -0.05) is 12.5 Å². The van der Waals surface area contributed by atoms with E-state index >= 15 is 0 Å². The highest BCUT2D eigenvalue weighted by atomic mass is 32.2. The van der Waals surface area contributed by atoms with E-state index in [0.29, 0.717) is 11.3 Å². The lowest BCUT2D eigenvalue weighted by atomic mass is 10.1. The summed E-state index contributed by atoms with van der Waals surface area (Å²) in [5, 5.41) is 9.25. The molecule has 2 atom stereocenters. The van der Waals surface area contributed by atoms with Gasteiger partial charge in [-0.15, -0.1) is 0 Å². The summed E-state index contributed by atoms with van der Waals surface area (Å²) in [5.74, 6) is 0.0103. The molecule has 2 unspecified atom stereocenters. The number of nitrogens with one attached hydrogen (secondary N) is 1. The predicted octanol–water partition coefficient (Wildman–Crippen LogP) is 1.02. The van der Waals surface area contributed by atoms with Gasteiger partial charge in [0.2, 0.25) is 10.0 Å². The van der Waals surface area contributed by atoms with E-state index in [4.69, 9.17) is 5.73 Å². The molecule has 106 valence electrons. The zero-order valence-electron chi connectivity index (χ0n) is 11.0. The Morgan fingerprint density at radius 3 is 2.84 bits per heavy atom. The second kappa shape index (κ2) is 5.48. The van der Waals surface area contributed by atoms with E-state index in [9.17, 15) is 13.5 Å². The fourth-order valence-corrected chi connectivity index (χ4v) is 4.21. The maximum Gasteiger partial charge on any atom is 0.241 e. The molecule has 2 rings (SSSR count). The van der Waals surface area contributed by atoms with Crippen molar-refractivity contribution < 1.29 is 13.5 Å². The number of benzene rings is 1. The van der Waals surface area contributed by atoms with Crippen LogP contribution >= 0.6 is 0 Å². The van der Waals surface area contributed by atoms with Crippen LogP contribution in [-0.2, 0) is 10.0 Å². The molecule has 1 aromatic rings. The van der Waals surface area contributed by atoms with Crippen LogP contribution in [0.5, 0.6) is 0 Å². The van der Waals surface area contributed by atoms with Crippen molar-refractivity contribution in [3.05, 3.63) is 23.8 Å². The van der Waals surface area contributed by atoms with E-state index in [2.05, 4.69) is 4.72 Å². The highest BCUT2D eigenvalue weighted by Gasteiger charge is 2.31. The second-order valence-corrected chi connectivity index (χ2v) is 6.75. The topological polar surface area (TPSA) is 92.4 Å². The summed E-state index contributed by atoms with van der Waals surface area (Å²) in [4.78, 5) is 0.219. The van der Waals surface area contributed by atoms with Crippen LogP contribution in [0.4, 0.5) is 5.69 Å². The van der Waals surface area contributed by atoms with E-state index in [-0.39, 0.29) is 23.5 Å². The molecule has 0 aliphatic heterocycles. The lowest BCUT2D eigenvalue weighted by Crippen LogP contribution is -2.38. The molecule has 0 radical (unpaired) electrons. The molecule has 5 nitrogen and oxygen atoms in total. The van der Waals surface area contributed by atoms with Crippen LogP contribution in [0.3, 0.4) is 0 Å². The normalized spacial score (nSPS) is 23.7. The molecule has 1 fully saturated rings. The Kier molecular flexibility index (Phi) is 4.13. The number of aliphatic hydroxyl groups excluding tert-OH is 1. The largest absolute Gasteiger partial charge is 0.398 e. The molecular formula is C13H20N2O3S. The molecule has 0 saturated heterocycles. The van der Waals surface area contributed by atoms with Crippen LogP contribution in [0.1, 0.15) is 24.8 Å². The van der Waals surface area contributed by atoms with Crippen molar-refractivity contribution in [1.29, 1.82) is 0 Å². The Balaban J connectivity index is 2.25. The minimum Gasteiger partial charge on any atom is -0.398 e. The van der Waals surface area contributed by atoms with Gasteiger partial charge in [0.15, 0.2) is 0 Å². The highest BCUT2D eigenvalue weighted by Crippen LogP contribution is 2.28. The van der Waals surface area contributed by atoms with Gasteiger partial charge in [-0.2, -0.15) is 0 Å². The molecule has 4 N–H and O–H groups in total. The third-order valence-electron chi connectivity index (χ3n) is 3.82. The van der Waals surface area contributed by atoms with Crippen molar-refractivity contribution in [2.45, 2.75) is 37.1 Å². The molecule has 1 aromatic carbocycles. The minimum atomic E-state index is -3.58. The van der Waals surface area contributed by atoms with Crippen LogP contribution < -0.4 is 10.5 Å². The average Bonchev–Trinajstić information content (AvgIpc) is 2.78. The van der Waals surface area contributed by atoms with Crippen molar-refractivity contribution >= 4 is 15.7 Å². The van der Waals surface area contributed by atoms with Gasteiger partial charge in [0, 0.05) is 18.3 Å². The van der Waals surface area contributed by atoms with Gasteiger partial charge in [-0.25, -0.2) is 13.1 Å². The third kappa shape index (κ3) is 2.91. The zero-order chi connectivity index (χ0) is 14.0. The molecule has 1 aliphatic carbocycles. The first-order chi connectivity index (χ1) is 8.95. The van der Waals surface area contributed by atoms with Gasteiger partial charge < -0.3 is 10.8 Å². The number of anilines is 1. The maximum atomic E-state index is 12.4. The number of nitrogens with two attached hydrogens (primary N) is 1. The summed E-state index contributed by atoms with van der Waals surface area (Å²) in [6.45, 7) is 1.71. The number of aliphatic hydroxyl groups is 1. The van der Waals surface area contributed by atoms with Crippen molar-refractivity contribution in [2.75, 3.05) is 12.3 Å². The monoisotopic (exact) mass is 284 g/mol. The summed E-state index contributed by atoms with van der Waals surface area (Å²) in [7, 11) is -3.58. The molecule has 0 aromatic heterocycles. The van der Waals surface area contributed by atoms with Crippen molar-refractivity contribution in [1.82, 2.24) is 4.72 Å². The number of hydrogen-bond acceptors (Lipinski definition) is 4. The summed E-state index contributed by atoms with van der Waals surface area (Å²) in [6.07, 6.45) is 2.57. The maximum absolute atomic E-state index is 12.4. The van der Waals surface area contributed by atoms with Crippen LogP contribution in [0.2, 0.25) is 0 Å². The Bertz CT molecular complexity index is 557. The molecule has 19 heavy (non-hydrogen) atoms. The van der Waals surface area contributed by atoms with Gasteiger partial charge in [-0.05, 0) is 43.4 Å². The summed E-state index contributed by atoms with van der Waals surface area (Å²) >= 11 is 0. The SMILES string of the molecule is Cc1c(N)cccc1S(=O)(=O)NC1CCCC1CO. The summed E-state index contributed by atoms with van der Waals surface area (Å²) in [6, 6.07) is 4.68. The standard InChI is InChI=1S/C13H20N2O3S/c1-9-11(14)5-3-7-13(9)19(17,18)15-12-6-2-4-10(12)8-16/h3,5,7,10,12,15-16H,2,4,6,8,14H2,1H3. The average molecular weight is 284 g/mol. The molecule has 6 heteroatoms. The summed E-state index contributed by atoms with van der Waals surface area (Å²) in [5.41, 5.74) is 6.78. The molecule has 1 saturated carbocycles. The van der Waals surface area contributed by atoms with Gasteiger partial charge in [0.1, 0.15) is 0 Å². The Morgan fingerprint density at radius 1 is 1.42 bits per heavy atom. The first kappa shape index (κ1) is 14.3. The van der Waals surface area contributed by atoms with E-state index in [1.54, 1.807) is 25.1 Å². The summed E-state index contributed by atoms with van der Waals surface area (Å²) < 4.78 is 27.4.